The third kappa shape index (κ3) is 3.70. The Morgan fingerprint density at radius 1 is 1.11 bits per heavy atom. The summed E-state index contributed by atoms with van der Waals surface area (Å²) in [5.41, 5.74) is 1.64. The Bertz CT molecular complexity index is 1050. The van der Waals surface area contributed by atoms with Crippen molar-refractivity contribution in [3.8, 4) is 0 Å². The molecule has 1 aliphatic rings. The van der Waals surface area contributed by atoms with E-state index in [-0.39, 0.29) is 23.9 Å². The number of fused-ring (bicyclic) bond motifs is 1. The van der Waals surface area contributed by atoms with Crippen LogP contribution in [0, 0.1) is 5.92 Å². The minimum Gasteiger partial charge on any atom is -0.335 e. The number of aromatic nitrogens is 2. The van der Waals surface area contributed by atoms with E-state index in [9.17, 15) is 9.59 Å². The largest absolute Gasteiger partial charge is 0.335 e. The van der Waals surface area contributed by atoms with Crippen molar-refractivity contribution in [2.75, 3.05) is 0 Å². The zero-order chi connectivity index (χ0) is 19.7. The van der Waals surface area contributed by atoms with Crippen molar-refractivity contribution in [3.05, 3.63) is 76.2 Å². The highest BCUT2D eigenvalue weighted by Crippen LogP contribution is 2.36. The molecule has 2 aromatic carbocycles. The molecule has 1 aliphatic carbocycles. The third-order valence-electron chi connectivity index (χ3n) is 5.66. The summed E-state index contributed by atoms with van der Waals surface area (Å²) in [4.78, 5) is 27.7. The SMILES string of the molecule is CC(C1CC1)N(Cc1ccccc1)C(=O)Cc1nn(C)c(=O)c2ccccc12. The molecule has 0 N–H and O–H groups in total. The van der Waals surface area contributed by atoms with Crippen molar-refractivity contribution in [1.82, 2.24) is 14.7 Å². The molecule has 0 spiro atoms. The van der Waals surface area contributed by atoms with Gasteiger partial charge in [-0.05, 0) is 37.3 Å². The van der Waals surface area contributed by atoms with Gasteiger partial charge in [-0.15, -0.1) is 0 Å². The summed E-state index contributed by atoms with van der Waals surface area (Å²) in [6.07, 6.45) is 2.56. The predicted octanol–water partition coefficient (Wildman–Crippen LogP) is 3.30. The fourth-order valence-electron chi connectivity index (χ4n) is 3.82. The van der Waals surface area contributed by atoms with Gasteiger partial charge in [0.05, 0.1) is 17.5 Å². The molecule has 1 amide bonds. The number of aryl methyl sites for hydroxylation is 1. The molecule has 1 saturated carbocycles. The highest BCUT2D eigenvalue weighted by atomic mass is 16.2. The molecular formula is C23H25N3O2. The van der Waals surface area contributed by atoms with Crippen LogP contribution in [-0.4, -0.2) is 26.6 Å². The van der Waals surface area contributed by atoms with Gasteiger partial charge in [-0.25, -0.2) is 4.68 Å². The van der Waals surface area contributed by atoms with Crippen molar-refractivity contribution < 1.29 is 4.79 Å². The lowest BCUT2D eigenvalue weighted by molar-refractivity contribution is -0.133. The summed E-state index contributed by atoms with van der Waals surface area (Å²) in [6.45, 7) is 2.74. The summed E-state index contributed by atoms with van der Waals surface area (Å²) in [5.74, 6) is 0.636. The van der Waals surface area contributed by atoms with E-state index < -0.39 is 0 Å². The van der Waals surface area contributed by atoms with Crippen molar-refractivity contribution >= 4 is 16.7 Å². The Morgan fingerprint density at radius 2 is 1.75 bits per heavy atom. The number of rotatable bonds is 6. The number of carbonyl (C=O) groups excluding carboxylic acids is 1. The van der Waals surface area contributed by atoms with E-state index in [0.29, 0.717) is 23.5 Å². The Balaban J connectivity index is 1.65. The van der Waals surface area contributed by atoms with Gasteiger partial charge in [0.25, 0.3) is 5.56 Å². The van der Waals surface area contributed by atoms with Gasteiger partial charge >= 0.3 is 0 Å². The fourth-order valence-corrected chi connectivity index (χ4v) is 3.82. The molecule has 144 valence electrons. The highest BCUT2D eigenvalue weighted by molar-refractivity contribution is 5.88. The molecule has 1 aromatic heterocycles. The monoisotopic (exact) mass is 375 g/mol. The molecule has 5 nitrogen and oxygen atoms in total. The molecule has 0 saturated heterocycles. The van der Waals surface area contributed by atoms with E-state index in [1.165, 1.54) is 17.5 Å². The number of benzene rings is 2. The molecule has 1 fully saturated rings. The van der Waals surface area contributed by atoms with E-state index in [1.807, 2.05) is 41.3 Å². The molecule has 0 aliphatic heterocycles. The van der Waals surface area contributed by atoms with Crippen LogP contribution in [0.1, 0.15) is 31.0 Å². The van der Waals surface area contributed by atoms with Crippen LogP contribution in [0.5, 0.6) is 0 Å². The van der Waals surface area contributed by atoms with E-state index >= 15 is 0 Å². The predicted molar refractivity (Wildman–Crippen MR) is 110 cm³/mol. The maximum absolute atomic E-state index is 13.3. The Morgan fingerprint density at radius 3 is 2.43 bits per heavy atom. The average molecular weight is 375 g/mol. The number of hydrogen-bond donors (Lipinski definition) is 0. The first-order chi connectivity index (χ1) is 13.5. The Hall–Kier alpha value is -2.95. The highest BCUT2D eigenvalue weighted by Gasteiger charge is 2.34. The standard InChI is InChI=1S/C23H25N3O2/c1-16(18-12-13-18)26(15-17-8-4-3-5-9-17)22(27)14-21-19-10-6-7-11-20(19)23(28)25(2)24-21/h3-11,16,18H,12-15H2,1-2H3. The topological polar surface area (TPSA) is 55.2 Å². The molecule has 1 atom stereocenters. The van der Waals surface area contributed by atoms with Crippen LogP contribution in [0.25, 0.3) is 10.8 Å². The quantitative estimate of drug-likeness (QED) is 0.664. The van der Waals surface area contributed by atoms with E-state index in [0.717, 1.165) is 10.9 Å². The maximum atomic E-state index is 13.3. The summed E-state index contributed by atoms with van der Waals surface area (Å²) < 4.78 is 1.33. The van der Waals surface area contributed by atoms with Gasteiger partial charge in [0.15, 0.2) is 0 Å². The number of hydrogen-bond acceptors (Lipinski definition) is 3. The van der Waals surface area contributed by atoms with Gasteiger partial charge < -0.3 is 4.90 Å². The first kappa shape index (κ1) is 18.4. The normalized spacial score (nSPS) is 14.8. The molecule has 1 unspecified atom stereocenters. The third-order valence-corrected chi connectivity index (χ3v) is 5.66. The number of carbonyl (C=O) groups is 1. The smallest absolute Gasteiger partial charge is 0.274 e. The molecule has 3 aromatic rings. The van der Waals surface area contributed by atoms with Gasteiger partial charge in [0, 0.05) is 25.0 Å². The molecular weight excluding hydrogens is 350 g/mol. The second-order valence-electron chi connectivity index (χ2n) is 7.68. The summed E-state index contributed by atoms with van der Waals surface area (Å²) in [7, 11) is 1.64. The van der Waals surface area contributed by atoms with Gasteiger partial charge in [0.1, 0.15) is 0 Å². The lowest BCUT2D eigenvalue weighted by atomic mass is 10.1. The molecule has 0 radical (unpaired) electrons. The molecule has 0 bridgehead atoms. The number of amides is 1. The fraction of sp³-hybridized carbons (Fsp3) is 0.348. The van der Waals surface area contributed by atoms with Gasteiger partial charge in [-0.1, -0.05) is 48.5 Å². The van der Waals surface area contributed by atoms with E-state index in [1.54, 1.807) is 13.1 Å². The maximum Gasteiger partial charge on any atom is 0.274 e. The first-order valence-electron chi connectivity index (χ1n) is 9.83. The van der Waals surface area contributed by atoms with Crippen LogP contribution in [0.15, 0.2) is 59.4 Å². The lowest BCUT2D eigenvalue weighted by Crippen LogP contribution is -2.40. The first-order valence-corrected chi connectivity index (χ1v) is 9.83. The second-order valence-corrected chi connectivity index (χ2v) is 7.68. The van der Waals surface area contributed by atoms with E-state index in [2.05, 4.69) is 24.2 Å². The minimum absolute atomic E-state index is 0.0551. The lowest BCUT2D eigenvalue weighted by Gasteiger charge is -2.30. The second kappa shape index (κ2) is 7.58. The average Bonchev–Trinajstić information content (AvgIpc) is 3.55. The Labute approximate surface area is 164 Å². The van der Waals surface area contributed by atoms with Crippen molar-refractivity contribution in [1.29, 1.82) is 0 Å². The number of nitrogens with zero attached hydrogens (tertiary/aromatic N) is 3. The van der Waals surface area contributed by atoms with Crippen LogP contribution in [0.2, 0.25) is 0 Å². The van der Waals surface area contributed by atoms with Gasteiger partial charge in [-0.3, -0.25) is 9.59 Å². The van der Waals surface area contributed by atoms with Gasteiger partial charge in [-0.2, -0.15) is 5.10 Å². The van der Waals surface area contributed by atoms with Crippen molar-refractivity contribution in [2.45, 2.75) is 38.8 Å². The van der Waals surface area contributed by atoms with Gasteiger partial charge in [0.2, 0.25) is 5.91 Å². The van der Waals surface area contributed by atoms with Crippen LogP contribution < -0.4 is 5.56 Å². The molecule has 28 heavy (non-hydrogen) atoms. The van der Waals surface area contributed by atoms with E-state index in [4.69, 9.17) is 0 Å². The van der Waals surface area contributed by atoms with Crippen molar-refractivity contribution in [3.63, 3.8) is 0 Å². The van der Waals surface area contributed by atoms with Crippen LogP contribution in [-0.2, 0) is 24.8 Å². The van der Waals surface area contributed by atoms with Crippen LogP contribution in [0.4, 0.5) is 0 Å². The molecule has 1 heterocycles. The zero-order valence-corrected chi connectivity index (χ0v) is 16.3. The minimum atomic E-state index is -0.140. The van der Waals surface area contributed by atoms with Crippen LogP contribution in [0.3, 0.4) is 0 Å². The summed E-state index contributed by atoms with van der Waals surface area (Å²) in [6, 6.07) is 17.7. The summed E-state index contributed by atoms with van der Waals surface area (Å²) in [5, 5.41) is 5.77. The Kier molecular flexibility index (Phi) is 4.99. The molecule has 5 heteroatoms. The zero-order valence-electron chi connectivity index (χ0n) is 16.3. The summed E-state index contributed by atoms with van der Waals surface area (Å²) >= 11 is 0. The van der Waals surface area contributed by atoms with Crippen LogP contribution >= 0.6 is 0 Å². The molecule has 4 rings (SSSR count). The van der Waals surface area contributed by atoms with Crippen molar-refractivity contribution in [2.24, 2.45) is 13.0 Å².